The van der Waals surface area contributed by atoms with Crippen LogP contribution in [0.4, 0.5) is 0 Å². The Labute approximate surface area is 103 Å². The van der Waals surface area contributed by atoms with Crippen molar-refractivity contribution in [2.75, 3.05) is 6.61 Å². The molecule has 1 saturated carbocycles. The van der Waals surface area contributed by atoms with E-state index >= 15 is 0 Å². The second kappa shape index (κ2) is 4.69. The van der Waals surface area contributed by atoms with Gasteiger partial charge in [0.15, 0.2) is 0 Å². The van der Waals surface area contributed by atoms with Crippen LogP contribution in [-0.2, 0) is 6.42 Å². The van der Waals surface area contributed by atoms with Crippen molar-refractivity contribution in [2.24, 2.45) is 11.7 Å². The second-order valence-corrected chi connectivity index (χ2v) is 5.47. The predicted octanol–water partition coefficient (Wildman–Crippen LogP) is 3.20. The molecule has 0 heterocycles. The SMILES string of the molecule is N[C@@H]1CCCc2ccc(OCC3CCC3)cc21. The molecule has 1 aromatic carbocycles. The third-order valence-corrected chi connectivity index (χ3v) is 4.19. The predicted molar refractivity (Wildman–Crippen MR) is 69.1 cm³/mol. The minimum atomic E-state index is 0.214. The Morgan fingerprint density at radius 1 is 1.18 bits per heavy atom. The van der Waals surface area contributed by atoms with E-state index in [1.54, 1.807) is 0 Å². The highest BCUT2D eigenvalue weighted by atomic mass is 16.5. The van der Waals surface area contributed by atoms with Crippen molar-refractivity contribution in [3.8, 4) is 5.75 Å². The van der Waals surface area contributed by atoms with E-state index in [2.05, 4.69) is 18.2 Å². The average Bonchev–Trinajstić information content (AvgIpc) is 2.28. The third-order valence-electron chi connectivity index (χ3n) is 4.19. The lowest BCUT2D eigenvalue weighted by Crippen LogP contribution is -2.20. The summed E-state index contributed by atoms with van der Waals surface area (Å²) < 4.78 is 5.87. The van der Waals surface area contributed by atoms with Crippen molar-refractivity contribution >= 4 is 0 Å². The molecule has 0 radical (unpaired) electrons. The lowest BCUT2D eigenvalue weighted by atomic mass is 9.86. The molecule has 0 spiro atoms. The van der Waals surface area contributed by atoms with Gasteiger partial charge in [-0.15, -0.1) is 0 Å². The van der Waals surface area contributed by atoms with Crippen LogP contribution in [0.3, 0.4) is 0 Å². The fraction of sp³-hybridized carbons (Fsp3) is 0.600. The zero-order chi connectivity index (χ0) is 11.7. The number of benzene rings is 1. The number of rotatable bonds is 3. The standard InChI is InChI=1S/C15H21NO/c16-15-6-2-5-12-7-8-13(9-14(12)15)17-10-11-3-1-4-11/h7-9,11,15H,1-6,10,16H2/t15-/m1/s1. The quantitative estimate of drug-likeness (QED) is 0.867. The summed E-state index contributed by atoms with van der Waals surface area (Å²) in [6, 6.07) is 6.68. The molecule has 0 aromatic heterocycles. The van der Waals surface area contributed by atoms with E-state index < -0.39 is 0 Å². The molecule has 2 aliphatic rings. The molecule has 0 amide bonds. The van der Waals surface area contributed by atoms with E-state index in [-0.39, 0.29) is 6.04 Å². The Bertz CT molecular complexity index is 398. The van der Waals surface area contributed by atoms with Crippen LogP contribution in [-0.4, -0.2) is 6.61 Å². The van der Waals surface area contributed by atoms with Crippen molar-refractivity contribution in [1.82, 2.24) is 0 Å². The van der Waals surface area contributed by atoms with Crippen LogP contribution in [0.5, 0.6) is 5.75 Å². The minimum Gasteiger partial charge on any atom is -0.493 e. The highest BCUT2D eigenvalue weighted by molar-refractivity contribution is 5.39. The fourth-order valence-electron chi connectivity index (χ4n) is 2.78. The van der Waals surface area contributed by atoms with E-state index in [9.17, 15) is 0 Å². The highest BCUT2D eigenvalue weighted by Gasteiger charge is 2.19. The molecular weight excluding hydrogens is 210 g/mol. The first-order valence-electron chi connectivity index (χ1n) is 6.84. The zero-order valence-corrected chi connectivity index (χ0v) is 10.3. The second-order valence-electron chi connectivity index (χ2n) is 5.47. The molecule has 1 atom stereocenters. The maximum atomic E-state index is 6.15. The Balaban J connectivity index is 1.70. The van der Waals surface area contributed by atoms with E-state index in [1.165, 1.54) is 43.2 Å². The van der Waals surface area contributed by atoms with Gasteiger partial charge in [-0.3, -0.25) is 0 Å². The van der Waals surface area contributed by atoms with Crippen molar-refractivity contribution in [3.05, 3.63) is 29.3 Å². The molecule has 1 fully saturated rings. The summed E-state index contributed by atoms with van der Waals surface area (Å²) >= 11 is 0. The lowest BCUT2D eigenvalue weighted by molar-refractivity contribution is 0.180. The number of ether oxygens (including phenoxy) is 1. The molecule has 2 nitrogen and oxygen atoms in total. The van der Waals surface area contributed by atoms with Gasteiger partial charge in [0.2, 0.25) is 0 Å². The lowest BCUT2D eigenvalue weighted by Gasteiger charge is -2.26. The summed E-state index contributed by atoms with van der Waals surface area (Å²) in [4.78, 5) is 0. The molecule has 3 rings (SSSR count). The molecule has 92 valence electrons. The molecule has 0 bridgehead atoms. The van der Waals surface area contributed by atoms with Gasteiger partial charge in [-0.1, -0.05) is 12.5 Å². The average molecular weight is 231 g/mol. The first-order valence-corrected chi connectivity index (χ1v) is 6.84. The van der Waals surface area contributed by atoms with Gasteiger partial charge in [0.25, 0.3) is 0 Å². The maximum absolute atomic E-state index is 6.15. The van der Waals surface area contributed by atoms with Crippen molar-refractivity contribution < 1.29 is 4.74 Å². The summed E-state index contributed by atoms with van der Waals surface area (Å²) in [6.45, 7) is 0.883. The van der Waals surface area contributed by atoms with Crippen LogP contribution in [0, 0.1) is 5.92 Å². The first-order chi connectivity index (χ1) is 8.33. The molecule has 2 heteroatoms. The molecule has 2 aliphatic carbocycles. The number of fused-ring (bicyclic) bond motifs is 1. The summed E-state index contributed by atoms with van der Waals surface area (Å²) in [6.07, 6.45) is 7.56. The topological polar surface area (TPSA) is 35.2 Å². The summed E-state index contributed by atoms with van der Waals surface area (Å²) in [5.41, 5.74) is 8.88. The van der Waals surface area contributed by atoms with Gasteiger partial charge < -0.3 is 10.5 Å². The van der Waals surface area contributed by atoms with Crippen LogP contribution >= 0.6 is 0 Å². The third kappa shape index (κ3) is 2.32. The Morgan fingerprint density at radius 3 is 2.82 bits per heavy atom. The van der Waals surface area contributed by atoms with Crippen LogP contribution in [0.1, 0.15) is 49.3 Å². The number of hydrogen-bond acceptors (Lipinski definition) is 2. The van der Waals surface area contributed by atoms with Crippen LogP contribution < -0.4 is 10.5 Å². The van der Waals surface area contributed by atoms with Crippen LogP contribution in [0.15, 0.2) is 18.2 Å². The van der Waals surface area contributed by atoms with Gasteiger partial charge in [-0.05, 0) is 61.3 Å². The van der Waals surface area contributed by atoms with E-state index in [4.69, 9.17) is 10.5 Å². The highest BCUT2D eigenvalue weighted by Crippen LogP contribution is 2.32. The van der Waals surface area contributed by atoms with Gasteiger partial charge >= 0.3 is 0 Å². The van der Waals surface area contributed by atoms with E-state index in [0.717, 1.165) is 24.7 Å². The normalized spacial score (nSPS) is 23.9. The smallest absolute Gasteiger partial charge is 0.119 e. The van der Waals surface area contributed by atoms with Crippen molar-refractivity contribution in [3.63, 3.8) is 0 Å². The maximum Gasteiger partial charge on any atom is 0.119 e. The fourth-order valence-corrected chi connectivity index (χ4v) is 2.78. The number of hydrogen-bond donors (Lipinski definition) is 1. The molecule has 0 unspecified atom stereocenters. The van der Waals surface area contributed by atoms with Gasteiger partial charge in [-0.2, -0.15) is 0 Å². The van der Waals surface area contributed by atoms with Gasteiger partial charge in [0.1, 0.15) is 5.75 Å². The Morgan fingerprint density at radius 2 is 2.06 bits per heavy atom. The Hall–Kier alpha value is -1.02. The monoisotopic (exact) mass is 231 g/mol. The molecular formula is C15H21NO. The first kappa shape index (κ1) is 11.1. The van der Waals surface area contributed by atoms with Crippen molar-refractivity contribution in [2.45, 2.75) is 44.6 Å². The van der Waals surface area contributed by atoms with Gasteiger partial charge in [0.05, 0.1) is 6.61 Å². The molecule has 1 aromatic rings. The molecule has 17 heavy (non-hydrogen) atoms. The van der Waals surface area contributed by atoms with E-state index in [0.29, 0.717) is 0 Å². The zero-order valence-electron chi connectivity index (χ0n) is 10.3. The van der Waals surface area contributed by atoms with Gasteiger partial charge in [-0.25, -0.2) is 0 Å². The molecule has 0 aliphatic heterocycles. The van der Waals surface area contributed by atoms with E-state index in [1.807, 2.05) is 0 Å². The van der Waals surface area contributed by atoms with Gasteiger partial charge in [0, 0.05) is 6.04 Å². The summed E-state index contributed by atoms with van der Waals surface area (Å²) in [5.74, 6) is 1.80. The molecule has 0 saturated heterocycles. The number of nitrogens with two attached hydrogens (primary N) is 1. The summed E-state index contributed by atoms with van der Waals surface area (Å²) in [7, 11) is 0. The molecule has 2 N–H and O–H groups in total. The largest absolute Gasteiger partial charge is 0.493 e. The summed E-state index contributed by atoms with van der Waals surface area (Å²) in [5, 5.41) is 0. The Kier molecular flexibility index (Phi) is 3.06. The van der Waals surface area contributed by atoms with Crippen LogP contribution in [0.2, 0.25) is 0 Å². The van der Waals surface area contributed by atoms with Crippen molar-refractivity contribution in [1.29, 1.82) is 0 Å². The minimum absolute atomic E-state index is 0.214. The van der Waals surface area contributed by atoms with Crippen LogP contribution in [0.25, 0.3) is 0 Å². The number of aryl methyl sites for hydroxylation is 1.